The fraction of sp³-hybridized carbons (Fsp3) is 0.929. The minimum atomic E-state index is -0.311. The molecule has 0 aromatic rings. The number of amides is 1. The van der Waals surface area contributed by atoms with E-state index in [4.69, 9.17) is 4.74 Å². The molecule has 0 atom stereocenters. The van der Waals surface area contributed by atoms with Crippen molar-refractivity contribution in [2.24, 2.45) is 10.8 Å². The van der Waals surface area contributed by atoms with Crippen molar-refractivity contribution in [2.75, 3.05) is 13.2 Å². The van der Waals surface area contributed by atoms with Crippen molar-refractivity contribution in [1.29, 1.82) is 0 Å². The second kappa shape index (κ2) is 6.87. The zero-order valence-corrected chi connectivity index (χ0v) is 12.4. The van der Waals surface area contributed by atoms with Crippen molar-refractivity contribution in [2.45, 2.75) is 60.8 Å². The van der Waals surface area contributed by atoms with Crippen LogP contribution in [0, 0.1) is 10.8 Å². The largest absolute Gasteiger partial charge is 0.450 e. The summed E-state index contributed by atoms with van der Waals surface area (Å²) < 4.78 is 4.86. The van der Waals surface area contributed by atoms with Crippen molar-refractivity contribution in [3.8, 4) is 0 Å². The predicted octanol–water partition coefficient (Wildman–Crippen LogP) is 3.98. The number of ether oxygens (including phenoxy) is 1. The van der Waals surface area contributed by atoms with E-state index < -0.39 is 0 Å². The zero-order valence-electron chi connectivity index (χ0n) is 12.4. The van der Waals surface area contributed by atoms with Gasteiger partial charge in [0, 0.05) is 6.54 Å². The van der Waals surface area contributed by atoms with Gasteiger partial charge in [-0.1, -0.05) is 41.0 Å². The summed E-state index contributed by atoms with van der Waals surface area (Å²) in [6.07, 6.45) is 3.21. The molecule has 0 radical (unpaired) electrons. The van der Waals surface area contributed by atoms with E-state index in [2.05, 4.69) is 39.9 Å². The third-order valence-electron chi connectivity index (χ3n) is 2.87. The molecular formula is C14H29NO2. The van der Waals surface area contributed by atoms with Gasteiger partial charge < -0.3 is 10.1 Å². The minimum Gasteiger partial charge on any atom is -0.450 e. The maximum absolute atomic E-state index is 11.2. The molecule has 0 bridgehead atoms. The molecule has 0 fully saturated rings. The van der Waals surface area contributed by atoms with Crippen molar-refractivity contribution in [3.63, 3.8) is 0 Å². The minimum absolute atomic E-state index is 0.103. The summed E-state index contributed by atoms with van der Waals surface area (Å²) in [6.45, 7) is 14.1. The Bertz CT molecular complexity index is 234. The quantitative estimate of drug-likeness (QED) is 0.734. The second-order valence-corrected chi connectivity index (χ2v) is 6.33. The van der Waals surface area contributed by atoms with E-state index in [1.165, 1.54) is 12.8 Å². The molecule has 0 rings (SSSR count). The molecule has 102 valence electrons. The summed E-state index contributed by atoms with van der Waals surface area (Å²) in [6, 6.07) is 0. The molecule has 0 aliphatic rings. The van der Waals surface area contributed by atoms with Gasteiger partial charge in [0.15, 0.2) is 0 Å². The lowest BCUT2D eigenvalue weighted by Gasteiger charge is -2.35. The third kappa shape index (κ3) is 8.06. The van der Waals surface area contributed by atoms with Crippen LogP contribution in [0.3, 0.4) is 0 Å². The van der Waals surface area contributed by atoms with E-state index in [-0.39, 0.29) is 11.5 Å². The molecule has 0 aromatic heterocycles. The molecule has 17 heavy (non-hydrogen) atoms. The van der Waals surface area contributed by atoms with E-state index in [9.17, 15) is 4.79 Å². The van der Waals surface area contributed by atoms with Gasteiger partial charge in [-0.15, -0.1) is 0 Å². The Hall–Kier alpha value is -0.730. The fourth-order valence-electron chi connectivity index (χ4n) is 2.62. The van der Waals surface area contributed by atoms with Crippen LogP contribution in [0.1, 0.15) is 60.8 Å². The Balaban J connectivity index is 4.15. The summed E-state index contributed by atoms with van der Waals surface area (Å²) in [5, 5.41) is 2.83. The van der Waals surface area contributed by atoms with Gasteiger partial charge in [-0.25, -0.2) is 4.79 Å². The Labute approximate surface area is 106 Å². The van der Waals surface area contributed by atoms with E-state index >= 15 is 0 Å². The number of carbonyl (C=O) groups is 1. The summed E-state index contributed by atoms with van der Waals surface area (Å²) in [4.78, 5) is 11.2. The summed E-state index contributed by atoms with van der Waals surface area (Å²) in [5.74, 6) is 0. The van der Waals surface area contributed by atoms with E-state index in [1.54, 1.807) is 0 Å². The van der Waals surface area contributed by atoms with Gasteiger partial charge >= 0.3 is 6.09 Å². The number of alkyl carbamates (subject to hydrolysis) is 1. The van der Waals surface area contributed by atoms with Crippen LogP contribution in [-0.4, -0.2) is 19.2 Å². The number of hydrogen-bond donors (Lipinski definition) is 1. The summed E-state index contributed by atoms with van der Waals surface area (Å²) >= 11 is 0. The highest BCUT2D eigenvalue weighted by Crippen LogP contribution is 2.36. The molecule has 0 aliphatic heterocycles. The highest BCUT2D eigenvalue weighted by molar-refractivity contribution is 5.67. The molecule has 1 amide bonds. The van der Waals surface area contributed by atoms with Crippen molar-refractivity contribution in [1.82, 2.24) is 5.32 Å². The number of carbonyl (C=O) groups excluding carboxylic acids is 1. The second-order valence-electron chi connectivity index (χ2n) is 6.33. The van der Waals surface area contributed by atoms with Crippen LogP contribution in [0.5, 0.6) is 0 Å². The Morgan fingerprint density at radius 2 is 1.71 bits per heavy atom. The van der Waals surface area contributed by atoms with Gasteiger partial charge in [0.1, 0.15) is 0 Å². The summed E-state index contributed by atoms with van der Waals surface area (Å²) in [7, 11) is 0. The Morgan fingerprint density at radius 3 is 2.18 bits per heavy atom. The molecule has 3 nitrogen and oxygen atoms in total. The first-order chi connectivity index (χ1) is 7.72. The first-order valence-electron chi connectivity index (χ1n) is 6.63. The zero-order chi connectivity index (χ0) is 13.5. The first-order valence-corrected chi connectivity index (χ1v) is 6.63. The van der Waals surface area contributed by atoms with Crippen LogP contribution in [0.25, 0.3) is 0 Å². The van der Waals surface area contributed by atoms with Crippen molar-refractivity contribution >= 4 is 6.09 Å². The monoisotopic (exact) mass is 243 g/mol. The lowest BCUT2D eigenvalue weighted by molar-refractivity contribution is 0.136. The number of hydrogen-bond acceptors (Lipinski definition) is 2. The Morgan fingerprint density at radius 1 is 1.12 bits per heavy atom. The molecule has 0 saturated heterocycles. The van der Waals surface area contributed by atoms with Crippen LogP contribution < -0.4 is 5.32 Å². The maximum atomic E-state index is 11.2. The smallest absolute Gasteiger partial charge is 0.407 e. The van der Waals surface area contributed by atoms with E-state index in [0.29, 0.717) is 18.6 Å². The van der Waals surface area contributed by atoms with Gasteiger partial charge in [0.2, 0.25) is 0 Å². The van der Waals surface area contributed by atoms with E-state index in [1.807, 2.05) is 6.92 Å². The average Bonchev–Trinajstić information content (AvgIpc) is 2.13. The molecule has 0 spiro atoms. The van der Waals surface area contributed by atoms with Crippen LogP contribution in [-0.2, 0) is 4.74 Å². The third-order valence-corrected chi connectivity index (χ3v) is 2.87. The number of rotatable bonds is 7. The molecule has 0 aromatic carbocycles. The molecular weight excluding hydrogens is 214 g/mol. The van der Waals surface area contributed by atoms with Crippen LogP contribution in [0.15, 0.2) is 0 Å². The predicted molar refractivity (Wildman–Crippen MR) is 72.1 cm³/mol. The SMILES string of the molecule is CCCC(C)(C)CC(C)(C)CNC(=O)OCC. The Kier molecular flexibility index (Phi) is 6.58. The van der Waals surface area contributed by atoms with Crippen LogP contribution >= 0.6 is 0 Å². The maximum Gasteiger partial charge on any atom is 0.407 e. The van der Waals surface area contributed by atoms with Gasteiger partial charge in [-0.3, -0.25) is 0 Å². The first kappa shape index (κ1) is 16.3. The van der Waals surface area contributed by atoms with Crippen molar-refractivity contribution < 1.29 is 9.53 Å². The van der Waals surface area contributed by atoms with Crippen molar-refractivity contribution in [3.05, 3.63) is 0 Å². The average molecular weight is 243 g/mol. The van der Waals surface area contributed by atoms with Gasteiger partial charge in [0.05, 0.1) is 6.61 Å². The van der Waals surface area contributed by atoms with Crippen LogP contribution in [0.2, 0.25) is 0 Å². The number of nitrogens with one attached hydrogen (secondary N) is 1. The topological polar surface area (TPSA) is 38.3 Å². The van der Waals surface area contributed by atoms with Gasteiger partial charge in [0.25, 0.3) is 0 Å². The molecule has 0 unspecified atom stereocenters. The lowest BCUT2D eigenvalue weighted by atomic mass is 9.73. The molecule has 3 heteroatoms. The fourth-order valence-corrected chi connectivity index (χ4v) is 2.62. The molecule has 0 heterocycles. The highest BCUT2D eigenvalue weighted by atomic mass is 16.5. The van der Waals surface area contributed by atoms with Crippen LogP contribution in [0.4, 0.5) is 4.79 Å². The molecule has 1 N–H and O–H groups in total. The van der Waals surface area contributed by atoms with Gasteiger partial charge in [-0.2, -0.15) is 0 Å². The summed E-state index contributed by atoms with van der Waals surface area (Å²) in [5.41, 5.74) is 0.431. The van der Waals surface area contributed by atoms with E-state index in [0.717, 1.165) is 6.42 Å². The molecule has 0 aliphatic carbocycles. The standard InChI is InChI=1S/C14H29NO2/c1-7-9-13(3,4)10-14(5,6)11-15-12(16)17-8-2/h7-11H2,1-6H3,(H,15,16). The molecule has 0 saturated carbocycles. The van der Waals surface area contributed by atoms with Gasteiger partial charge in [-0.05, 0) is 30.6 Å². The normalized spacial score (nSPS) is 12.4. The highest BCUT2D eigenvalue weighted by Gasteiger charge is 2.28. The lowest BCUT2D eigenvalue weighted by Crippen LogP contribution is -2.37.